The third-order valence-electron chi connectivity index (χ3n) is 14.6. The topological polar surface area (TPSA) is 140 Å². The molecule has 6 rings (SSSR count). The first-order chi connectivity index (χ1) is 23.6. The lowest BCUT2D eigenvalue weighted by Crippen LogP contribution is -2.63. The van der Waals surface area contributed by atoms with Crippen molar-refractivity contribution < 1.29 is 30.0 Å². The second-order valence-corrected chi connectivity index (χ2v) is 17.4. The molecular weight excluding hydrogens is 628 g/mol. The lowest BCUT2D eigenvalue weighted by Gasteiger charge is -2.64. The number of hydrogen-bond acceptors (Lipinski definition) is 7. The van der Waals surface area contributed by atoms with Gasteiger partial charge in [0.1, 0.15) is 0 Å². The van der Waals surface area contributed by atoms with Crippen molar-refractivity contribution in [1.82, 2.24) is 4.98 Å². The summed E-state index contributed by atoms with van der Waals surface area (Å²) in [4.78, 5) is 28.0. The maximum absolute atomic E-state index is 12.2. The van der Waals surface area contributed by atoms with E-state index < -0.39 is 23.8 Å². The highest BCUT2D eigenvalue weighted by Crippen LogP contribution is 2.69. The predicted octanol–water partition coefficient (Wildman–Crippen LogP) is 7.28. The third-order valence-corrected chi connectivity index (χ3v) is 14.6. The summed E-state index contributed by atoms with van der Waals surface area (Å²) in [5.74, 6) is 0.505. The van der Waals surface area contributed by atoms with Gasteiger partial charge in [0.05, 0.1) is 29.1 Å². The molecule has 50 heavy (non-hydrogen) atoms. The van der Waals surface area contributed by atoms with Crippen LogP contribution in [0.2, 0.25) is 0 Å². The summed E-state index contributed by atoms with van der Waals surface area (Å²) in [5.41, 5.74) is 4.23. The molecular formula is C42H60N2O6. The monoisotopic (exact) mass is 688 g/mol. The quantitative estimate of drug-likeness (QED) is 0.155. The predicted molar refractivity (Wildman–Crippen MR) is 195 cm³/mol. The van der Waals surface area contributed by atoms with E-state index in [1.807, 2.05) is 19.9 Å². The number of aliphatic hydroxyl groups is 3. The fourth-order valence-corrected chi connectivity index (χ4v) is 11.8. The van der Waals surface area contributed by atoms with Gasteiger partial charge in [-0.2, -0.15) is 0 Å². The number of ketones is 1. The minimum absolute atomic E-state index is 0.000901. The van der Waals surface area contributed by atoms with Gasteiger partial charge in [0.25, 0.3) is 0 Å². The molecule has 11 unspecified atom stereocenters. The van der Waals surface area contributed by atoms with Gasteiger partial charge in [-0.15, -0.1) is 0 Å². The van der Waals surface area contributed by atoms with Crippen LogP contribution in [0.25, 0.3) is 0 Å². The molecule has 1 heterocycles. The maximum atomic E-state index is 12.2. The van der Waals surface area contributed by atoms with Gasteiger partial charge >= 0.3 is 5.97 Å². The van der Waals surface area contributed by atoms with Crippen LogP contribution < -0.4 is 5.32 Å². The van der Waals surface area contributed by atoms with E-state index >= 15 is 0 Å². The number of aliphatic carboxylic acids is 1. The van der Waals surface area contributed by atoms with Crippen molar-refractivity contribution in [1.29, 1.82) is 0 Å². The van der Waals surface area contributed by atoms with Crippen molar-refractivity contribution in [2.24, 2.45) is 46.3 Å². The number of Topliss-reactive ketones (excluding diaryl/α,β-unsaturated/α-hetero) is 1. The number of carboxylic acid groups (broad SMARTS) is 1. The van der Waals surface area contributed by atoms with Crippen LogP contribution in [0.4, 0.5) is 5.69 Å². The second kappa shape index (κ2) is 14.0. The van der Waals surface area contributed by atoms with E-state index in [-0.39, 0.29) is 58.5 Å². The molecule has 0 bridgehead atoms. The zero-order valence-electron chi connectivity index (χ0n) is 31.0. The Kier molecular flexibility index (Phi) is 10.3. The average Bonchev–Trinajstić information content (AvgIpc) is 3.41. The van der Waals surface area contributed by atoms with Crippen molar-refractivity contribution in [2.75, 3.05) is 5.32 Å². The number of hydrogen-bond donors (Lipinski definition) is 5. The molecule has 0 amide bonds. The Morgan fingerprint density at radius 2 is 1.72 bits per heavy atom. The van der Waals surface area contributed by atoms with E-state index in [0.717, 1.165) is 54.7 Å². The lowest BCUT2D eigenvalue weighted by atomic mass is 9.42. The van der Waals surface area contributed by atoms with Crippen LogP contribution in [0.15, 0.2) is 30.3 Å². The van der Waals surface area contributed by atoms with Gasteiger partial charge in [0.15, 0.2) is 5.78 Å². The highest BCUT2D eigenvalue weighted by molar-refractivity contribution is 6.00. The van der Waals surface area contributed by atoms with Gasteiger partial charge < -0.3 is 25.7 Å². The molecule has 0 saturated heterocycles. The van der Waals surface area contributed by atoms with Crippen molar-refractivity contribution in [3.05, 3.63) is 58.4 Å². The van der Waals surface area contributed by atoms with Crippen LogP contribution in [0.1, 0.15) is 125 Å². The molecule has 1 aromatic heterocycles. The zero-order chi connectivity index (χ0) is 36.2. The smallest absolute Gasteiger partial charge is 0.303 e. The number of rotatable bonds is 11. The first kappa shape index (κ1) is 37.0. The molecule has 8 heteroatoms. The summed E-state index contributed by atoms with van der Waals surface area (Å²) in [7, 11) is 0. The van der Waals surface area contributed by atoms with Gasteiger partial charge in [-0.05, 0) is 149 Å². The van der Waals surface area contributed by atoms with Gasteiger partial charge in [0.2, 0.25) is 0 Å². The Balaban J connectivity index is 1.08. The molecule has 0 radical (unpaired) electrons. The molecule has 274 valence electrons. The van der Waals surface area contributed by atoms with E-state index in [1.165, 1.54) is 5.56 Å². The van der Waals surface area contributed by atoms with Gasteiger partial charge in [-0.1, -0.05) is 45.0 Å². The molecule has 4 saturated carbocycles. The summed E-state index contributed by atoms with van der Waals surface area (Å²) < 4.78 is 0. The summed E-state index contributed by atoms with van der Waals surface area (Å²) in [6.07, 6.45) is 6.99. The van der Waals surface area contributed by atoms with E-state index in [0.29, 0.717) is 44.2 Å². The summed E-state index contributed by atoms with van der Waals surface area (Å²) in [6, 6.07) is 10.4. The van der Waals surface area contributed by atoms with Crippen LogP contribution >= 0.6 is 0 Å². The van der Waals surface area contributed by atoms with Crippen LogP contribution in [0.3, 0.4) is 0 Å². The van der Waals surface area contributed by atoms with Crippen molar-refractivity contribution in [3.63, 3.8) is 0 Å². The SMILES string of the molecule is CC(=O)c1c(NCc2ccc(CCC3(O)CCC4(C)C(CC(O)C5C4CC(O)C4(C)C(C(C)CCC(=O)O)CCC54)C3)cc2)cc(C)nc1C. The zero-order valence-corrected chi connectivity index (χ0v) is 31.0. The molecule has 4 fully saturated rings. The number of fused-ring (bicyclic) bond motifs is 5. The number of carbonyl (C=O) groups is 2. The van der Waals surface area contributed by atoms with E-state index in [1.54, 1.807) is 6.92 Å². The standard InChI is InChI=1S/C42H60N2O6/c1-24(7-14-37(48)49)31-12-13-32-39-33(21-36(47)41(31,32)6)40(5)17-18-42(50,22-30(40)20-35(39)46)16-15-28-8-10-29(11-9-28)23-43-34-19-25(2)44-26(3)38(34)27(4)45/h8-11,19,24,30-33,35-36,39,46-47,50H,7,12-18,20-23H2,1-6H3,(H,43,44)(H,48,49). The summed E-state index contributed by atoms with van der Waals surface area (Å²) in [5, 5.41) is 48.4. The van der Waals surface area contributed by atoms with Crippen molar-refractivity contribution in [2.45, 2.75) is 137 Å². The molecule has 5 N–H and O–H groups in total. The van der Waals surface area contributed by atoms with Crippen LogP contribution in [-0.2, 0) is 17.8 Å². The molecule has 1 aromatic carbocycles. The summed E-state index contributed by atoms with van der Waals surface area (Å²) in [6.45, 7) is 12.7. The highest BCUT2D eigenvalue weighted by Gasteiger charge is 2.66. The van der Waals surface area contributed by atoms with Crippen LogP contribution in [0, 0.1) is 60.2 Å². The molecule has 0 aliphatic heterocycles. The third kappa shape index (κ3) is 6.77. The molecule has 4 aliphatic rings. The lowest BCUT2D eigenvalue weighted by molar-refractivity contribution is -0.216. The number of benzene rings is 1. The Morgan fingerprint density at radius 1 is 1.02 bits per heavy atom. The van der Waals surface area contributed by atoms with Gasteiger partial charge in [-0.3, -0.25) is 14.6 Å². The number of nitrogens with zero attached hydrogens (tertiary/aromatic N) is 1. The molecule has 8 nitrogen and oxygen atoms in total. The largest absolute Gasteiger partial charge is 0.481 e. The number of aliphatic hydroxyl groups excluding tert-OH is 2. The number of carbonyl (C=O) groups excluding carboxylic acids is 1. The minimum Gasteiger partial charge on any atom is -0.481 e. The van der Waals surface area contributed by atoms with Gasteiger partial charge in [0, 0.05) is 24.3 Å². The molecule has 2 aromatic rings. The number of anilines is 1. The Labute approximate surface area is 298 Å². The Hall–Kier alpha value is -2.81. The summed E-state index contributed by atoms with van der Waals surface area (Å²) >= 11 is 0. The number of carboxylic acids is 1. The van der Waals surface area contributed by atoms with E-state index in [4.69, 9.17) is 0 Å². The minimum atomic E-state index is -0.781. The van der Waals surface area contributed by atoms with Gasteiger partial charge in [-0.25, -0.2) is 0 Å². The normalized spacial score (nSPS) is 36.9. The molecule has 11 atom stereocenters. The fraction of sp³-hybridized carbons (Fsp3) is 0.690. The van der Waals surface area contributed by atoms with E-state index in [2.05, 4.69) is 55.3 Å². The molecule has 4 aliphatic carbocycles. The van der Waals surface area contributed by atoms with Crippen molar-refractivity contribution in [3.8, 4) is 0 Å². The first-order valence-corrected chi connectivity index (χ1v) is 19.2. The fourth-order valence-electron chi connectivity index (χ4n) is 11.8. The highest BCUT2D eigenvalue weighted by atomic mass is 16.4. The number of aromatic nitrogens is 1. The Bertz CT molecular complexity index is 1580. The van der Waals surface area contributed by atoms with Crippen LogP contribution in [0.5, 0.6) is 0 Å². The number of aryl methyl sites for hydroxylation is 3. The first-order valence-electron chi connectivity index (χ1n) is 19.2. The maximum Gasteiger partial charge on any atom is 0.303 e. The van der Waals surface area contributed by atoms with E-state index in [9.17, 15) is 30.0 Å². The second-order valence-electron chi connectivity index (χ2n) is 17.4. The number of pyridine rings is 1. The average molecular weight is 689 g/mol. The van der Waals surface area contributed by atoms with Crippen molar-refractivity contribution >= 4 is 17.4 Å². The Morgan fingerprint density at radius 3 is 2.40 bits per heavy atom. The van der Waals surface area contributed by atoms with Crippen LogP contribution in [-0.4, -0.2) is 55.0 Å². The molecule has 0 spiro atoms. The number of nitrogens with one attached hydrogen (secondary N) is 1.